The van der Waals surface area contributed by atoms with E-state index in [4.69, 9.17) is 0 Å². The van der Waals surface area contributed by atoms with Gasteiger partial charge < -0.3 is 15.1 Å². The van der Waals surface area contributed by atoms with Gasteiger partial charge in [-0.3, -0.25) is 19.3 Å². The third kappa shape index (κ3) is 4.26. The van der Waals surface area contributed by atoms with Crippen molar-refractivity contribution in [2.75, 3.05) is 42.9 Å². The van der Waals surface area contributed by atoms with Crippen molar-refractivity contribution in [3.63, 3.8) is 0 Å². The Hall–Kier alpha value is -3.71. The van der Waals surface area contributed by atoms with E-state index in [1.54, 1.807) is 4.90 Å². The van der Waals surface area contributed by atoms with E-state index in [2.05, 4.69) is 10.2 Å². The quantitative estimate of drug-likeness (QED) is 0.656. The van der Waals surface area contributed by atoms with Crippen molar-refractivity contribution < 1.29 is 14.4 Å². The van der Waals surface area contributed by atoms with Crippen LogP contribution in [-0.4, -0.2) is 66.3 Å². The van der Waals surface area contributed by atoms with E-state index in [0.29, 0.717) is 31.9 Å². The van der Waals surface area contributed by atoms with Gasteiger partial charge in [0, 0.05) is 44.2 Å². The van der Waals surface area contributed by atoms with Crippen LogP contribution in [0.5, 0.6) is 0 Å². The molecule has 2 heterocycles. The summed E-state index contributed by atoms with van der Waals surface area (Å²) in [6.07, 6.45) is 0.258. The average Bonchev–Trinajstić information content (AvgIpc) is 2.97. The lowest BCUT2D eigenvalue weighted by Gasteiger charge is -2.36. The maximum absolute atomic E-state index is 13.3. The highest BCUT2D eigenvalue weighted by molar-refractivity contribution is 6.07. The zero-order valence-electron chi connectivity index (χ0n) is 19.2. The van der Waals surface area contributed by atoms with Crippen molar-refractivity contribution >= 4 is 39.9 Å². The van der Waals surface area contributed by atoms with Gasteiger partial charge in [0.05, 0.1) is 17.9 Å². The largest absolute Gasteiger partial charge is 0.336 e. The number of anilines is 2. The molecule has 34 heavy (non-hydrogen) atoms. The van der Waals surface area contributed by atoms with E-state index in [1.165, 1.54) is 0 Å². The highest BCUT2D eigenvalue weighted by Crippen LogP contribution is 2.31. The summed E-state index contributed by atoms with van der Waals surface area (Å²) in [5.74, 6) is -0.0940. The molecular weight excluding hydrogens is 428 g/mol. The molecule has 3 aromatic carbocycles. The Balaban J connectivity index is 1.25. The van der Waals surface area contributed by atoms with Gasteiger partial charge in [-0.1, -0.05) is 48.5 Å². The fraction of sp³-hybridized carbons (Fsp3) is 0.296. The summed E-state index contributed by atoms with van der Waals surface area (Å²) >= 11 is 0. The molecule has 174 valence electrons. The predicted octanol–water partition coefficient (Wildman–Crippen LogP) is 3.36. The summed E-state index contributed by atoms with van der Waals surface area (Å²) in [5, 5.41) is 4.91. The number of rotatable bonds is 3. The molecule has 0 aliphatic carbocycles. The van der Waals surface area contributed by atoms with E-state index in [-0.39, 0.29) is 36.7 Å². The Morgan fingerprint density at radius 3 is 2.44 bits per heavy atom. The minimum atomic E-state index is -0.231. The number of para-hydroxylation sites is 2. The van der Waals surface area contributed by atoms with Crippen LogP contribution in [0.1, 0.15) is 23.7 Å². The van der Waals surface area contributed by atoms with Crippen LogP contribution >= 0.6 is 0 Å². The number of amides is 3. The summed E-state index contributed by atoms with van der Waals surface area (Å²) in [6, 6.07) is 20.9. The fourth-order valence-electron chi connectivity index (χ4n) is 4.93. The van der Waals surface area contributed by atoms with Gasteiger partial charge in [-0.25, -0.2) is 0 Å². The molecule has 7 heteroatoms. The van der Waals surface area contributed by atoms with E-state index < -0.39 is 0 Å². The Kier molecular flexibility index (Phi) is 6.02. The van der Waals surface area contributed by atoms with Crippen LogP contribution in [0.15, 0.2) is 66.7 Å². The van der Waals surface area contributed by atoms with Crippen molar-refractivity contribution in [2.24, 2.45) is 0 Å². The minimum Gasteiger partial charge on any atom is -0.336 e. The molecule has 2 aliphatic rings. The lowest BCUT2D eigenvalue weighted by molar-refractivity contribution is -0.120. The first-order valence-corrected chi connectivity index (χ1v) is 11.7. The van der Waals surface area contributed by atoms with Crippen molar-refractivity contribution in [2.45, 2.75) is 19.4 Å². The highest BCUT2D eigenvalue weighted by Gasteiger charge is 2.31. The molecule has 3 aromatic rings. The molecule has 1 atom stereocenters. The number of benzene rings is 3. The van der Waals surface area contributed by atoms with Crippen LogP contribution in [-0.2, 0) is 9.59 Å². The molecule has 5 rings (SSSR count). The zero-order chi connectivity index (χ0) is 23.7. The summed E-state index contributed by atoms with van der Waals surface area (Å²) in [4.78, 5) is 44.5. The highest BCUT2D eigenvalue weighted by atomic mass is 16.2. The van der Waals surface area contributed by atoms with Gasteiger partial charge in [-0.15, -0.1) is 0 Å². The third-order valence-corrected chi connectivity index (χ3v) is 6.67. The molecule has 0 aromatic heterocycles. The van der Waals surface area contributed by atoms with Gasteiger partial charge in [0.1, 0.15) is 0 Å². The number of piperazine rings is 1. The van der Waals surface area contributed by atoms with Gasteiger partial charge in [0.2, 0.25) is 11.8 Å². The Labute approximate surface area is 198 Å². The number of carbonyl (C=O) groups is 3. The number of carbonyl (C=O) groups excluding carboxylic acids is 3. The van der Waals surface area contributed by atoms with Crippen molar-refractivity contribution in [1.29, 1.82) is 0 Å². The number of nitrogens with zero attached hydrogens (tertiary/aromatic N) is 3. The van der Waals surface area contributed by atoms with Crippen LogP contribution in [0, 0.1) is 0 Å². The molecule has 0 radical (unpaired) electrons. The molecule has 1 fully saturated rings. The normalized spacial score (nSPS) is 18.9. The zero-order valence-corrected chi connectivity index (χ0v) is 19.2. The lowest BCUT2D eigenvalue weighted by Crippen LogP contribution is -2.52. The fourth-order valence-corrected chi connectivity index (χ4v) is 4.93. The van der Waals surface area contributed by atoms with Gasteiger partial charge in [-0.05, 0) is 35.9 Å². The smallest absolute Gasteiger partial charge is 0.254 e. The molecule has 3 amide bonds. The van der Waals surface area contributed by atoms with Gasteiger partial charge in [0.25, 0.3) is 5.91 Å². The molecule has 2 aliphatic heterocycles. The number of hydrogen-bond acceptors (Lipinski definition) is 4. The first kappa shape index (κ1) is 22.1. The van der Waals surface area contributed by atoms with Crippen molar-refractivity contribution in [1.82, 2.24) is 9.80 Å². The second kappa shape index (κ2) is 9.27. The van der Waals surface area contributed by atoms with Crippen molar-refractivity contribution in [3.05, 3.63) is 72.3 Å². The number of hydrogen-bond donors (Lipinski definition) is 1. The molecule has 0 spiro atoms. The topological polar surface area (TPSA) is 73.0 Å². The summed E-state index contributed by atoms with van der Waals surface area (Å²) in [7, 11) is 0. The predicted molar refractivity (Wildman–Crippen MR) is 133 cm³/mol. The second-order valence-electron chi connectivity index (χ2n) is 8.98. The number of nitrogens with one attached hydrogen (secondary N) is 1. The standard InChI is InChI=1S/C27H28N4O3/c1-19-17-25(32)28-23-11-4-5-12-24(23)31(19)26(33)18-29-13-15-30(16-14-29)27(34)22-10-6-8-20-7-2-3-9-21(20)22/h2-12,19H,13-18H2,1H3,(H,28,32). The second-order valence-corrected chi connectivity index (χ2v) is 8.98. The molecular formula is C27H28N4O3. The lowest BCUT2D eigenvalue weighted by atomic mass is 10.0. The van der Waals surface area contributed by atoms with E-state index >= 15 is 0 Å². The molecule has 0 saturated carbocycles. The van der Waals surface area contributed by atoms with Crippen LogP contribution in [0.3, 0.4) is 0 Å². The summed E-state index contributed by atoms with van der Waals surface area (Å²) < 4.78 is 0. The monoisotopic (exact) mass is 456 g/mol. The third-order valence-electron chi connectivity index (χ3n) is 6.67. The van der Waals surface area contributed by atoms with Crippen LogP contribution in [0.4, 0.5) is 11.4 Å². The summed E-state index contributed by atoms with van der Waals surface area (Å²) in [5.41, 5.74) is 2.11. The summed E-state index contributed by atoms with van der Waals surface area (Å²) in [6.45, 7) is 4.55. The molecule has 7 nitrogen and oxygen atoms in total. The van der Waals surface area contributed by atoms with Gasteiger partial charge in [0.15, 0.2) is 0 Å². The Morgan fingerprint density at radius 2 is 1.62 bits per heavy atom. The molecule has 0 bridgehead atoms. The SMILES string of the molecule is CC1CC(=O)Nc2ccccc2N1C(=O)CN1CCN(C(=O)c2cccc3ccccc23)CC1. The Bertz CT molecular complexity index is 1240. The first-order chi connectivity index (χ1) is 16.5. The molecule has 1 N–H and O–H groups in total. The molecule has 1 saturated heterocycles. The average molecular weight is 457 g/mol. The molecule has 1 unspecified atom stereocenters. The van der Waals surface area contributed by atoms with E-state index in [1.807, 2.05) is 78.6 Å². The Morgan fingerprint density at radius 1 is 0.912 bits per heavy atom. The van der Waals surface area contributed by atoms with Gasteiger partial charge >= 0.3 is 0 Å². The van der Waals surface area contributed by atoms with E-state index in [9.17, 15) is 14.4 Å². The first-order valence-electron chi connectivity index (χ1n) is 11.7. The van der Waals surface area contributed by atoms with Crippen LogP contribution < -0.4 is 10.2 Å². The van der Waals surface area contributed by atoms with Crippen LogP contribution in [0.25, 0.3) is 10.8 Å². The minimum absolute atomic E-state index is 0.0300. The van der Waals surface area contributed by atoms with Crippen LogP contribution in [0.2, 0.25) is 0 Å². The maximum Gasteiger partial charge on any atom is 0.254 e. The maximum atomic E-state index is 13.3. The van der Waals surface area contributed by atoms with E-state index in [0.717, 1.165) is 22.0 Å². The number of fused-ring (bicyclic) bond motifs is 2. The van der Waals surface area contributed by atoms with Crippen molar-refractivity contribution in [3.8, 4) is 0 Å². The van der Waals surface area contributed by atoms with Gasteiger partial charge in [-0.2, -0.15) is 0 Å².